The molecule has 0 aliphatic heterocycles. The van der Waals surface area contributed by atoms with Crippen LogP contribution in [0.2, 0.25) is 0 Å². The van der Waals surface area contributed by atoms with Gasteiger partial charge in [0.1, 0.15) is 5.58 Å². The van der Waals surface area contributed by atoms with Crippen molar-refractivity contribution in [3.63, 3.8) is 0 Å². The van der Waals surface area contributed by atoms with Gasteiger partial charge in [-0.15, -0.1) is 0 Å². The average molecular weight is 241 g/mol. The number of carboxylic acids is 1. The molecule has 3 rings (SSSR count). The van der Waals surface area contributed by atoms with Gasteiger partial charge in [-0.05, 0) is 18.2 Å². The molecule has 3 aromatic rings. The summed E-state index contributed by atoms with van der Waals surface area (Å²) < 4.78 is 5.49. The number of pyridine rings is 1. The van der Waals surface area contributed by atoms with Crippen molar-refractivity contribution in [1.29, 1.82) is 0 Å². The fraction of sp³-hybridized carbons (Fsp3) is 0. The van der Waals surface area contributed by atoms with Gasteiger partial charge in [0.05, 0.1) is 10.9 Å². The lowest BCUT2D eigenvalue weighted by Crippen LogP contribution is -2.06. The maximum atomic E-state index is 12.1. The molecule has 0 aliphatic rings. The number of carbonyl (C=O) groups is 1. The molecule has 88 valence electrons. The zero-order valence-electron chi connectivity index (χ0n) is 9.08. The Bertz CT molecular complexity index is 835. The van der Waals surface area contributed by atoms with Crippen LogP contribution in [0, 0.1) is 0 Å². The smallest absolute Gasteiger partial charge is 0.337 e. The topological polar surface area (TPSA) is 80.4 Å². The van der Waals surface area contributed by atoms with Crippen LogP contribution in [0.4, 0.5) is 0 Å². The Hall–Kier alpha value is -2.69. The summed E-state index contributed by atoms with van der Waals surface area (Å²) in [5, 5.41) is 9.30. The fourth-order valence-corrected chi connectivity index (χ4v) is 1.80. The van der Waals surface area contributed by atoms with Crippen LogP contribution in [-0.4, -0.2) is 16.1 Å². The van der Waals surface area contributed by atoms with Crippen molar-refractivity contribution in [3.05, 3.63) is 52.3 Å². The van der Waals surface area contributed by atoms with Crippen molar-refractivity contribution in [2.45, 2.75) is 0 Å². The highest BCUT2D eigenvalue weighted by Crippen LogP contribution is 2.17. The Balaban J connectivity index is 2.48. The molecule has 0 bridgehead atoms. The van der Waals surface area contributed by atoms with E-state index >= 15 is 0 Å². The SMILES string of the molecule is O=C(O)c1cnc2c(=O)c3ccccc3oc2c1. The third kappa shape index (κ3) is 1.45. The summed E-state index contributed by atoms with van der Waals surface area (Å²) in [7, 11) is 0. The van der Waals surface area contributed by atoms with Crippen molar-refractivity contribution in [1.82, 2.24) is 4.98 Å². The number of fused-ring (bicyclic) bond motifs is 2. The van der Waals surface area contributed by atoms with Crippen molar-refractivity contribution < 1.29 is 14.3 Å². The molecule has 0 unspecified atom stereocenters. The number of aromatic nitrogens is 1. The van der Waals surface area contributed by atoms with Crippen LogP contribution in [-0.2, 0) is 0 Å². The van der Waals surface area contributed by atoms with E-state index in [2.05, 4.69) is 4.98 Å². The zero-order valence-corrected chi connectivity index (χ0v) is 9.08. The molecule has 0 amide bonds. The molecule has 1 aromatic carbocycles. The summed E-state index contributed by atoms with van der Waals surface area (Å²) in [4.78, 5) is 26.8. The second-order valence-corrected chi connectivity index (χ2v) is 3.80. The second kappa shape index (κ2) is 3.66. The predicted octanol–water partition coefficient (Wildman–Crippen LogP) is 2.04. The Labute approximate surface area is 100 Å². The van der Waals surface area contributed by atoms with Crippen molar-refractivity contribution >= 4 is 28.0 Å². The van der Waals surface area contributed by atoms with Gasteiger partial charge in [0.15, 0.2) is 11.1 Å². The Morgan fingerprint density at radius 2 is 2.00 bits per heavy atom. The molecule has 2 heterocycles. The highest BCUT2D eigenvalue weighted by Gasteiger charge is 2.11. The number of nitrogens with zero attached hydrogens (tertiary/aromatic N) is 1. The third-order valence-electron chi connectivity index (χ3n) is 2.67. The van der Waals surface area contributed by atoms with E-state index < -0.39 is 5.97 Å². The lowest BCUT2D eigenvalue weighted by Gasteiger charge is -2.01. The fourth-order valence-electron chi connectivity index (χ4n) is 1.80. The van der Waals surface area contributed by atoms with Gasteiger partial charge in [-0.3, -0.25) is 4.79 Å². The van der Waals surface area contributed by atoms with E-state index in [0.717, 1.165) is 6.20 Å². The molecule has 1 N–H and O–H groups in total. The summed E-state index contributed by atoms with van der Waals surface area (Å²) in [5.74, 6) is -1.11. The standard InChI is InChI=1S/C13H7NO4/c15-12-8-3-1-2-4-9(8)18-10-5-7(13(16)17)6-14-11(10)12/h1-6H,(H,16,17). The summed E-state index contributed by atoms with van der Waals surface area (Å²) >= 11 is 0. The molecule has 18 heavy (non-hydrogen) atoms. The summed E-state index contributed by atoms with van der Waals surface area (Å²) in [6.45, 7) is 0. The maximum absolute atomic E-state index is 12.1. The van der Waals surface area contributed by atoms with Crippen molar-refractivity contribution in [2.75, 3.05) is 0 Å². The predicted molar refractivity (Wildman–Crippen MR) is 64.7 cm³/mol. The Kier molecular flexibility index (Phi) is 2.13. The summed E-state index contributed by atoms with van der Waals surface area (Å²) in [5.41, 5.74) is 0.460. The number of para-hydroxylation sites is 1. The molecule has 0 fully saturated rings. The van der Waals surface area contributed by atoms with Crippen LogP contribution in [0.5, 0.6) is 0 Å². The van der Waals surface area contributed by atoms with E-state index in [-0.39, 0.29) is 22.1 Å². The molecule has 0 atom stereocenters. The molecular formula is C13H7NO4. The quantitative estimate of drug-likeness (QED) is 0.659. The van der Waals surface area contributed by atoms with Crippen LogP contribution in [0.3, 0.4) is 0 Å². The van der Waals surface area contributed by atoms with Gasteiger partial charge in [0, 0.05) is 6.20 Å². The molecule has 0 aliphatic carbocycles. The van der Waals surface area contributed by atoms with Gasteiger partial charge in [0.2, 0.25) is 5.43 Å². The molecule has 0 radical (unpaired) electrons. The van der Waals surface area contributed by atoms with Crippen LogP contribution in [0.25, 0.3) is 22.1 Å². The number of benzene rings is 1. The number of aromatic carboxylic acids is 1. The van der Waals surface area contributed by atoms with Gasteiger partial charge >= 0.3 is 5.97 Å². The van der Waals surface area contributed by atoms with Crippen LogP contribution in [0.15, 0.2) is 45.7 Å². The summed E-state index contributed by atoms with van der Waals surface area (Å²) in [6, 6.07) is 8.08. The number of hydrogen-bond acceptors (Lipinski definition) is 4. The molecule has 5 nitrogen and oxygen atoms in total. The molecule has 0 saturated carbocycles. The van der Waals surface area contributed by atoms with E-state index in [9.17, 15) is 9.59 Å². The van der Waals surface area contributed by atoms with Gasteiger partial charge in [-0.2, -0.15) is 0 Å². The monoisotopic (exact) mass is 241 g/mol. The number of rotatable bonds is 1. The first kappa shape index (κ1) is 10.5. The van der Waals surface area contributed by atoms with Crippen molar-refractivity contribution in [2.24, 2.45) is 0 Å². The van der Waals surface area contributed by atoms with Gasteiger partial charge in [0.25, 0.3) is 0 Å². The number of carboxylic acid groups (broad SMARTS) is 1. The van der Waals surface area contributed by atoms with Crippen molar-refractivity contribution in [3.8, 4) is 0 Å². The maximum Gasteiger partial charge on any atom is 0.337 e. The summed E-state index contributed by atoms with van der Waals surface area (Å²) in [6.07, 6.45) is 1.15. The minimum absolute atomic E-state index is 0.0130. The zero-order chi connectivity index (χ0) is 12.7. The second-order valence-electron chi connectivity index (χ2n) is 3.80. The molecule has 0 saturated heterocycles. The highest BCUT2D eigenvalue weighted by atomic mass is 16.4. The van der Waals surface area contributed by atoms with Gasteiger partial charge in [-0.1, -0.05) is 12.1 Å². The van der Waals surface area contributed by atoms with Crippen LogP contribution >= 0.6 is 0 Å². The first-order chi connectivity index (χ1) is 8.66. The van der Waals surface area contributed by atoms with Crippen LogP contribution in [0.1, 0.15) is 10.4 Å². The average Bonchev–Trinajstić information content (AvgIpc) is 2.38. The van der Waals surface area contributed by atoms with Gasteiger partial charge < -0.3 is 9.52 Å². The Morgan fingerprint density at radius 1 is 1.22 bits per heavy atom. The first-order valence-electron chi connectivity index (χ1n) is 5.22. The minimum Gasteiger partial charge on any atom is -0.478 e. The third-order valence-corrected chi connectivity index (χ3v) is 2.67. The normalized spacial score (nSPS) is 10.9. The minimum atomic E-state index is -1.11. The molecule has 2 aromatic heterocycles. The van der Waals surface area contributed by atoms with E-state index in [1.807, 2.05) is 0 Å². The van der Waals surface area contributed by atoms with E-state index in [0.29, 0.717) is 11.0 Å². The molecule has 0 spiro atoms. The first-order valence-corrected chi connectivity index (χ1v) is 5.22. The highest BCUT2D eigenvalue weighted by molar-refractivity contribution is 5.93. The van der Waals surface area contributed by atoms with E-state index in [1.54, 1.807) is 24.3 Å². The largest absolute Gasteiger partial charge is 0.478 e. The van der Waals surface area contributed by atoms with E-state index in [4.69, 9.17) is 9.52 Å². The molecular weight excluding hydrogens is 234 g/mol. The molecule has 5 heteroatoms. The lowest BCUT2D eigenvalue weighted by molar-refractivity contribution is 0.0696. The Morgan fingerprint density at radius 3 is 2.78 bits per heavy atom. The van der Waals surface area contributed by atoms with E-state index in [1.165, 1.54) is 6.07 Å². The van der Waals surface area contributed by atoms with Crippen LogP contribution < -0.4 is 5.43 Å². The lowest BCUT2D eigenvalue weighted by atomic mass is 10.2. The van der Waals surface area contributed by atoms with Gasteiger partial charge in [-0.25, -0.2) is 9.78 Å². The number of hydrogen-bond donors (Lipinski definition) is 1.